The molecule has 2 aromatic heterocycles. The van der Waals surface area contributed by atoms with E-state index < -0.39 is 0 Å². The van der Waals surface area contributed by atoms with Crippen LogP contribution in [0.3, 0.4) is 0 Å². The second-order valence-electron chi connectivity index (χ2n) is 24.8. The van der Waals surface area contributed by atoms with E-state index in [1.54, 1.807) is 0 Å². The average Bonchev–Trinajstić information content (AvgIpc) is 3.90. The van der Waals surface area contributed by atoms with Crippen molar-refractivity contribution < 1.29 is 25.8 Å². The Kier molecular flexibility index (Phi) is 13.7. The first-order chi connectivity index (χ1) is 33.2. The van der Waals surface area contributed by atoms with Gasteiger partial charge in [0.05, 0.1) is 0 Å². The third-order valence-electron chi connectivity index (χ3n) is 14.5. The molecule has 376 valence electrons. The topological polar surface area (TPSA) is 33.5 Å². The summed E-state index contributed by atoms with van der Waals surface area (Å²) in [6.07, 6.45) is 1.93. The molecule has 9 rings (SSSR count). The monoisotopic (exact) mass is 1130 g/mol. The molecule has 3 heterocycles. The third kappa shape index (κ3) is 9.83. The smallest absolute Gasteiger partial charge is 0.135 e. The SMILES string of the molecule is CC(C)(C)C1=C(C(C)(C)C)N(c2cc(C(C)(C)c3ccccc3)cc(C(C)(C)c3ccccc3)c2)[CH-]N1c1[c-]c(Oc2[c-]c3c(c(C(C)(C)C)c2)c2ccccc2n3-c2cc(C(C)(C)C)ccn2)ccc1.[Pt]. The molecule has 1 aliphatic heterocycles. The van der Waals surface area contributed by atoms with E-state index in [2.05, 4.69) is 277 Å². The number of hydrogen-bond donors (Lipinski definition) is 0. The van der Waals surface area contributed by atoms with Crippen LogP contribution in [0, 0.1) is 29.6 Å². The van der Waals surface area contributed by atoms with Crippen molar-refractivity contribution in [2.45, 2.75) is 132 Å². The normalized spacial score (nSPS) is 14.1. The summed E-state index contributed by atoms with van der Waals surface area (Å²) < 4.78 is 9.25. The molecule has 0 saturated heterocycles. The minimum absolute atomic E-state index is 0. The summed E-state index contributed by atoms with van der Waals surface area (Å²) in [5.74, 6) is 2.11. The van der Waals surface area contributed by atoms with Crippen LogP contribution in [0.15, 0.2) is 157 Å². The number of benzene rings is 6. The van der Waals surface area contributed by atoms with Crippen LogP contribution in [-0.2, 0) is 42.7 Å². The second kappa shape index (κ2) is 18.9. The van der Waals surface area contributed by atoms with Crippen molar-refractivity contribution in [1.29, 1.82) is 0 Å². The van der Waals surface area contributed by atoms with Crippen molar-refractivity contribution in [2.24, 2.45) is 10.8 Å². The molecule has 5 nitrogen and oxygen atoms in total. The molecule has 0 fully saturated rings. The summed E-state index contributed by atoms with van der Waals surface area (Å²) in [6, 6.07) is 58.0. The molecule has 6 heteroatoms. The predicted octanol–water partition coefficient (Wildman–Crippen LogP) is 17.6. The molecule has 8 aromatic rings. The Bertz CT molecular complexity index is 3230. The van der Waals surface area contributed by atoms with Gasteiger partial charge in [0, 0.05) is 83.0 Å². The van der Waals surface area contributed by atoms with Crippen molar-refractivity contribution >= 4 is 33.2 Å². The molecule has 0 unspecified atom stereocenters. The van der Waals surface area contributed by atoms with Gasteiger partial charge in [-0.25, -0.2) is 4.98 Å². The van der Waals surface area contributed by atoms with E-state index in [9.17, 15) is 0 Å². The molecule has 0 aliphatic carbocycles. The standard InChI is InChI=1S/C66H73N4O.Pt/c1-61(2,3)46-34-35-67-57(39-46)70-55-33-24-23-32-53(55)58-54(62(4,5)6)41-52(42-56(58)70)71-51-31-25-30-49(40-51)68-43-69(60(64(10,11)12)59(68)63(7,8)9)50-37-47(65(13,14)44-26-19-17-20-27-44)36-48(38-50)66(15,16)45-28-21-18-22-29-45;/h17-39,41,43H,1-16H3;/q-3;. The Balaban J connectivity index is 0.00000693. The molecular formula is C66H73N4OPt-3. The fraction of sp³-hybridized carbons (Fsp3) is 0.333. The fourth-order valence-electron chi connectivity index (χ4n) is 10.4. The average molecular weight is 1130 g/mol. The van der Waals surface area contributed by atoms with Gasteiger partial charge < -0.3 is 19.1 Å². The number of hydrogen-bond acceptors (Lipinski definition) is 4. The number of allylic oxidation sites excluding steroid dienone is 2. The van der Waals surface area contributed by atoms with Gasteiger partial charge in [-0.2, -0.15) is 6.07 Å². The zero-order valence-electron chi connectivity index (χ0n) is 45.4. The minimum Gasteiger partial charge on any atom is -0.509 e. The van der Waals surface area contributed by atoms with Crippen LogP contribution >= 0.6 is 0 Å². The fourth-order valence-corrected chi connectivity index (χ4v) is 10.4. The van der Waals surface area contributed by atoms with E-state index in [-0.39, 0.29) is 53.6 Å². The number of pyridine rings is 1. The maximum Gasteiger partial charge on any atom is 0.135 e. The van der Waals surface area contributed by atoms with E-state index in [4.69, 9.17) is 9.72 Å². The maximum absolute atomic E-state index is 6.99. The molecule has 0 saturated carbocycles. The van der Waals surface area contributed by atoms with E-state index in [0.29, 0.717) is 11.5 Å². The van der Waals surface area contributed by atoms with Crippen molar-refractivity contribution in [2.75, 3.05) is 9.80 Å². The van der Waals surface area contributed by atoms with Gasteiger partial charge in [0.25, 0.3) is 0 Å². The quantitative estimate of drug-likeness (QED) is 0.135. The van der Waals surface area contributed by atoms with E-state index in [1.165, 1.54) is 50.2 Å². The summed E-state index contributed by atoms with van der Waals surface area (Å²) in [6.45, 7) is 39.2. The largest absolute Gasteiger partial charge is 0.509 e. The van der Waals surface area contributed by atoms with Crippen LogP contribution in [-0.4, -0.2) is 9.55 Å². The molecule has 0 radical (unpaired) electrons. The van der Waals surface area contributed by atoms with Gasteiger partial charge >= 0.3 is 0 Å². The molecule has 0 bridgehead atoms. The maximum atomic E-state index is 6.99. The molecule has 72 heavy (non-hydrogen) atoms. The Labute approximate surface area is 445 Å². The Morgan fingerprint density at radius 2 is 1.03 bits per heavy atom. The molecule has 1 aliphatic rings. The van der Waals surface area contributed by atoms with Gasteiger partial charge in [-0.1, -0.05) is 207 Å². The van der Waals surface area contributed by atoms with E-state index in [1.807, 2.05) is 12.3 Å². The number of nitrogens with zero attached hydrogens (tertiary/aromatic N) is 4. The van der Waals surface area contributed by atoms with Gasteiger partial charge in [0.15, 0.2) is 0 Å². The number of rotatable bonds is 9. The first-order valence-corrected chi connectivity index (χ1v) is 25.4. The van der Waals surface area contributed by atoms with Crippen molar-refractivity contribution in [3.8, 4) is 17.3 Å². The molecule has 0 spiro atoms. The van der Waals surface area contributed by atoms with Gasteiger partial charge in [0.2, 0.25) is 0 Å². The molecule has 6 aromatic carbocycles. The molecule has 0 amide bonds. The second-order valence-corrected chi connectivity index (χ2v) is 24.8. The molecular weight excluding hydrogens is 1060 g/mol. The summed E-state index contributed by atoms with van der Waals surface area (Å²) in [5, 5.41) is 2.33. The summed E-state index contributed by atoms with van der Waals surface area (Å²) in [4.78, 5) is 9.78. The number of para-hydroxylation sites is 1. The Morgan fingerprint density at radius 3 is 1.58 bits per heavy atom. The van der Waals surface area contributed by atoms with Crippen LogP contribution < -0.4 is 14.5 Å². The number of anilines is 2. The summed E-state index contributed by atoms with van der Waals surface area (Å²) in [5.41, 5.74) is 12.7. The van der Waals surface area contributed by atoms with Gasteiger partial charge in [-0.05, 0) is 74.4 Å². The zero-order valence-corrected chi connectivity index (χ0v) is 47.7. The van der Waals surface area contributed by atoms with Gasteiger partial charge in [-0.3, -0.25) is 0 Å². The number of aromatic nitrogens is 2. The van der Waals surface area contributed by atoms with Crippen LogP contribution in [0.1, 0.15) is 144 Å². The van der Waals surface area contributed by atoms with Crippen LogP contribution in [0.4, 0.5) is 11.4 Å². The number of fused-ring (bicyclic) bond motifs is 3. The van der Waals surface area contributed by atoms with Gasteiger partial charge in [0.1, 0.15) is 5.82 Å². The Hall–Kier alpha value is -5.90. The van der Waals surface area contributed by atoms with E-state index in [0.717, 1.165) is 33.6 Å². The van der Waals surface area contributed by atoms with E-state index >= 15 is 0 Å². The van der Waals surface area contributed by atoms with Crippen LogP contribution in [0.2, 0.25) is 0 Å². The molecule has 0 N–H and O–H groups in total. The first kappa shape index (κ1) is 52.4. The first-order valence-electron chi connectivity index (χ1n) is 25.4. The van der Waals surface area contributed by atoms with Crippen LogP contribution in [0.25, 0.3) is 27.6 Å². The predicted molar refractivity (Wildman–Crippen MR) is 299 cm³/mol. The van der Waals surface area contributed by atoms with Crippen molar-refractivity contribution in [3.63, 3.8) is 0 Å². The van der Waals surface area contributed by atoms with Crippen molar-refractivity contribution in [1.82, 2.24) is 9.55 Å². The molecule has 0 atom stereocenters. The Morgan fingerprint density at radius 1 is 0.472 bits per heavy atom. The number of ether oxygens (including phenoxy) is 1. The van der Waals surface area contributed by atoms with Crippen LogP contribution in [0.5, 0.6) is 11.5 Å². The van der Waals surface area contributed by atoms with Crippen molar-refractivity contribution in [3.05, 3.63) is 209 Å². The zero-order chi connectivity index (χ0) is 51.1. The third-order valence-corrected chi connectivity index (χ3v) is 14.5. The summed E-state index contributed by atoms with van der Waals surface area (Å²) in [7, 11) is 0. The minimum atomic E-state index is -0.273. The van der Waals surface area contributed by atoms with Gasteiger partial charge in [-0.15, -0.1) is 48.3 Å². The summed E-state index contributed by atoms with van der Waals surface area (Å²) >= 11 is 0.